The maximum absolute atomic E-state index is 12.0. The van der Waals surface area contributed by atoms with Crippen molar-refractivity contribution in [2.24, 2.45) is 5.92 Å². The molecule has 0 aliphatic heterocycles. The summed E-state index contributed by atoms with van der Waals surface area (Å²) in [4.78, 5) is 12.0. The summed E-state index contributed by atoms with van der Waals surface area (Å²) in [5.41, 5.74) is 0.734. The van der Waals surface area contributed by atoms with Gasteiger partial charge >= 0.3 is 0 Å². The van der Waals surface area contributed by atoms with Gasteiger partial charge in [-0.1, -0.05) is 41.8 Å². The van der Waals surface area contributed by atoms with Crippen molar-refractivity contribution in [3.05, 3.63) is 34.3 Å². The van der Waals surface area contributed by atoms with E-state index in [0.717, 1.165) is 28.8 Å². The summed E-state index contributed by atoms with van der Waals surface area (Å²) in [7, 11) is 0. The Hall–Kier alpha value is -0.830. The molecule has 1 aromatic rings. The van der Waals surface area contributed by atoms with Crippen LogP contribution in [0.15, 0.2) is 28.7 Å². The zero-order chi connectivity index (χ0) is 12.3. The van der Waals surface area contributed by atoms with Gasteiger partial charge < -0.3 is 5.32 Å². The summed E-state index contributed by atoms with van der Waals surface area (Å²) in [6, 6.07) is 7.89. The van der Waals surface area contributed by atoms with Gasteiger partial charge in [-0.2, -0.15) is 0 Å². The van der Waals surface area contributed by atoms with Gasteiger partial charge in [-0.25, -0.2) is 0 Å². The number of hydrogen-bond donors (Lipinski definition) is 1. The Morgan fingerprint density at radius 3 is 2.94 bits per heavy atom. The Kier molecular flexibility index (Phi) is 4.21. The van der Waals surface area contributed by atoms with E-state index < -0.39 is 0 Å². The fourth-order valence-corrected chi connectivity index (χ4v) is 2.86. The minimum Gasteiger partial charge on any atom is -0.349 e. The summed E-state index contributed by atoms with van der Waals surface area (Å²) in [5.74, 6) is 0.780. The Balaban J connectivity index is 1.97. The van der Waals surface area contributed by atoms with E-state index in [1.165, 1.54) is 12.8 Å². The van der Waals surface area contributed by atoms with E-state index in [4.69, 9.17) is 0 Å². The van der Waals surface area contributed by atoms with Gasteiger partial charge in [0.15, 0.2) is 0 Å². The molecule has 1 fully saturated rings. The van der Waals surface area contributed by atoms with E-state index in [9.17, 15) is 4.79 Å². The molecule has 1 saturated carbocycles. The second-order valence-corrected chi connectivity index (χ2v) is 5.87. The van der Waals surface area contributed by atoms with Gasteiger partial charge in [0.1, 0.15) is 0 Å². The standard InChI is InChI=1S/C14H18BrNO/c1-10-4-2-7-13(8-10)16-14(17)11-5-3-6-12(15)9-11/h3,5-6,9-10,13H,2,4,7-8H2,1H3,(H,16,17). The largest absolute Gasteiger partial charge is 0.349 e. The van der Waals surface area contributed by atoms with Crippen molar-refractivity contribution in [3.8, 4) is 0 Å². The Morgan fingerprint density at radius 1 is 1.41 bits per heavy atom. The molecule has 17 heavy (non-hydrogen) atoms. The smallest absolute Gasteiger partial charge is 0.251 e. The van der Waals surface area contributed by atoms with Gasteiger partial charge in [-0.3, -0.25) is 4.79 Å². The summed E-state index contributed by atoms with van der Waals surface area (Å²) in [6.45, 7) is 2.26. The van der Waals surface area contributed by atoms with Crippen LogP contribution in [0.25, 0.3) is 0 Å². The molecule has 2 atom stereocenters. The number of nitrogens with one attached hydrogen (secondary N) is 1. The van der Waals surface area contributed by atoms with Crippen molar-refractivity contribution >= 4 is 21.8 Å². The van der Waals surface area contributed by atoms with Crippen LogP contribution in [0.5, 0.6) is 0 Å². The van der Waals surface area contributed by atoms with E-state index in [0.29, 0.717) is 6.04 Å². The molecule has 0 radical (unpaired) electrons. The number of carbonyl (C=O) groups is 1. The van der Waals surface area contributed by atoms with Crippen molar-refractivity contribution in [3.63, 3.8) is 0 Å². The molecule has 3 heteroatoms. The summed E-state index contributed by atoms with van der Waals surface area (Å²) in [5, 5.41) is 3.13. The first-order valence-corrected chi connectivity index (χ1v) is 7.01. The third-order valence-corrected chi connectivity index (χ3v) is 3.85. The monoisotopic (exact) mass is 295 g/mol. The first kappa shape index (κ1) is 12.6. The van der Waals surface area contributed by atoms with Crippen molar-refractivity contribution < 1.29 is 4.79 Å². The molecule has 1 aromatic carbocycles. The molecular formula is C14H18BrNO. The van der Waals surface area contributed by atoms with Crippen LogP contribution < -0.4 is 5.32 Å². The summed E-state index contributed by atoms with van der Waals surface area (Å²) >= 11 is 3.39. The van der Waals surface area contributed by atoms with Gasteiger partial charge in [0, 0.05) is 16.1 Å². The molecule has 1 amide bonds. The highest BCUT2D eigenvalue weighted by molar-refractivity contribution is 9.10. The van der Waals surface area contributed by atoms with Gasteiger partial charge in [0.25, 0.3) is 5.91 Å². The molecule has 2 rings (SSSR count). The van der Waals surface area contributed by atoms with Gasteiger partial charge in [-0.15, -0.1) is 0 Å². The third kappa shape index (κ3) is 3.56. The van der Waals surface area contributed by atoms with E-state index in [-0.39, 0.29) is 5.91 Å². The van der Waals surface area contributed by atoms with E-state index >= 15 is 0 Å². The lowest BCUT2D eigenvalue weighted by atomic mass is 9.87. The van der Waals surface area contributed by atoms with Crippen molar-refractivity contribution in [2.75, 3.05) is 0 Å². The minimum atomic E-state index is 0.0467. The number of halogens is 1. The Morgan fingerprint density at radius 2 is 2.24 bits per heavy atom. The lowest BCUT2D eigenvalue weighted by molar-refractivity contribution is 0.0921. The van der Waals surface area contributed by atoms with Crippen LogP contribution in [0.3, 0.4) is 0 Å². The minimum absolute atomic E-state index is 0.0467. The molecule has 0 saturated heterocycles. The molecule has 0 bridgehead atoms. The van der Waals surface area contributed by atoms with Crippen molar-refractivity contribution in [1.82, 2.24) is 5.32 Å². The molecule has 1 aliphatic carbocycles. The lowest BCUT2D eigenvalue weighted by Gasteiger charge is -2.27. The zero-order valence-corrected chi connectivity index (χ0v) is 11.7. The van der Waals surface area contributed by atoms with Crippen LogP contribution in [-0.2, 0) is 0 Å². The molecular weight excluding hydrogens is 278 g/mol. The van der Waals surface area contributed by atoms with Crippen LogP contribution in [-0.4, -0.2) is 11.9 Å². The summed E-state index contributed by atoms with van der Waals surface area (Å²) in [6.07, 6.45) is 4.75. The van der Waals surface area contributed by atoms with Crippen LogP contribution in [0.1, 0.15) is 43.0 Å². The number of benzene rings is 1. The molecule has 2 unspecified atom stereocenters. The van der Waals surface area contributed by atoms with Crippen LogP contribution in [0.4, 0.5) is 0 Å². The maximum Gasteiger partial charge on any atom is 0.251 e. The number of amides is 1. The van der Waals surface area contributed by atoms with Crippen molar-refractivity contribution in [2.45, 2.75) is 38.6 Å². The first-order chi connectivity index (χ1) is 8.15. The fraction of sp³-hybridized carbons (Fsp3) is 0.500. The second-order valence-electron chi connectivity index (χ2n) is 4.95. The number of rotatable bonds is 2. The van der Waals surface area contributed by atoms with E-state index in [2.05, 4.69) is 28.2 Å². The molecule has 0 aromatic heterocycles. The highest BCUT2D eigenvalue weighted by atomic mass is 79.9. The average Bonchev–Trinajstić information content (AvgIpc) is 2.29. The van der Waals surface area contributed by atoms with Crippen molar-refractivity contribution in [1.29, 1.82) is 0 Å². The maximum atomic E-state index is 12.0. The van der Waals surface area contributed by atoms with E-state index in [1.807, 2.05) is 24.3 Å². The average molecular weight is 296 g/mol. The normalized spacial score (nSPS) is 24.4. The fourth-order valence-electron chi connectivity index (χ4n) is 2.46. The van der Waals surface area contributed by atoms with Gasteiger partial charge in [-0.05, 0) is 37.0 Å². The Bertz CT molecular complexity index is 405. The molecule has 0 heterocycles. The molecule has 1 N–H and O–H groups in total. The summed E-state index contributed by atoms with van der Waals surface area (Å²) < 4.78 is 0.946. The highest BCUT2D eigenvalue weighted by Crippen LogP contribution is 2.23. The first-order valence-electron chi connectivity index (χ1n) is 6.21. The second kappa shape index (κ2) is 5.67. The molecule has 0 spiro atoms. The van der Waals surface area contributed by atoms with E-state index in [1.54, 1.807) is 0 Å². The van der Waals surface area contributed by atoms with Crippen LogP contribution in [0.2, 0.25) is 0 Å². The SMILES string of the molecule is CC1CCCC(NC(=O)c2cccc(Br)c2)C1. The van der Waals surface area contributed by atoms with Gasteiger partial charge in [0.05, 0.1) is 0 Å². The zero-order valence-electron chi connectivity index (χ0n) is 10.1. The predicted octanol–water partition coefficient (Wildman–Crippen LogP) is 3.76. The van der Waals surface area contributed by atoms with Crippen LogP contribution >= 0.6 is 15.9 Å². The van der Waals surface area contributed by atoms with Crippen LogP contribution in [0, 0.1) is 5.92 Å². The molecule has 1 aliphatic rings. The quantitative estimate of drug-likeness (QED) is 0.884. The lowest BCUT2D eigenvalue weighted by Crippen LogP contribution is -2.37. The molecule has 92 valence electrons. The predicted molar refractivity (Wildman–Crippen MR) is 73.0 cm³/mol. The third-order valence-electron chi connectivity index (χ3n) is 3.36. The highest BCUT2D eigenvalue weighted by Gasteiger charge is 2.20. The number of carbonyl (C=O) groups excluding carboxylic acids is 1. The number of hydrogen-bond acceptors (Lipinski definition) is 1. The Labute approximate surface area is 111 Å². The van der Waals surface area contributed by atoms with Gasteiger partial charge in [0.2, 0.25) is 0 Å². The topological polar surface area (TPSA) is 29.1 Å². The molecule has 2 nitrogen and oxygen atoms in total.